The third-order valence-electron chi connectivity index (χ3n) is 3.56. The van der Waals surface area contributed by atoms with Gasteiger partial charge in [-0.15, -0.1) is 0 Å². The average molecular weight is 306 g/mol. The standard InChI is InChI=1S/C20H34O2/c1-2-3-4-5-6-7-8-9-10-11-12-13-14-15-16-17-18-19-20(21)22/h6-7,14-15,18-19H,2-5,8-13,16-17H2,1H3,(H,21,22)/b7-6+,15-14+,19-18+. The Morgan fingerprint density at radius 1 is 0.682 bits per heavy atom. The molecular formula is C20H34O2. The maximum absolute atomic E-state index is 10.3. The van der Waals surface area contributed by atoms with Gasteiger partial charge in [0.25, 0.3) is 0 Å². The van der Waals surface area contributed by atoms with E-state index in [1.54, 1.807) is 6.08 Å². The van der Waals surface area contributed by atoms with Crippen LogP contribution in [0.3, 0.4) is 0 Å². The Morgan fingerprint density at radius 3 is 1.64 bits per heavy atom. The molecule has 0 saturated heterocycles. The molecule has 0 saturated carbocycles. The summed E-state index contributed by atoms with van der Waals surface area (Å²) in [6.07, 6.45) is 26.6. The highest BCUT2D eigenvalue weighted by molar-refractivity contribution is 5.79. The summed E-state index contributed by atoms with van der Waals surface area (Å²) in [4.78, 5) is 10.3. The summed E-state index contributed by atoms with van der Waals surface area (Å²) in [5.74, 6) is -0.861. The van der Waals surface area contributed by atoms with Gasteiger partial charge in [0, 0.05) is 6.08 Å². The molecule has 0 aromatic rings. The van der Waals surface area contributed by atoms with Crippen LogP contribution in [-0.2, 0) is 4.79 Å². The van der Waals surface area contributed by atoms with Gasteiger partial charge in [0.15, 0.2) is 0 Å². The first kappa shape index (κ1) is 20.7. The van der Waals surface area contributed by atoms with Crippen molar-refractivity contribution in [2.24, 2.45) is 0 Å². The first-order valence-corrected chi connectivity index (χ1v) is 8.96. The molecule has 0 aliphatic heterocycles. The fraction of sp³-hybridized carbons (Fsp3) is 0.650. The molecule has 0 aliphatic rings. The highest BCUT2D eigenvalue weighted by atomic mass is 16.4. The molecule has 2 nitrogen and oxygen atoms in total. The smallest absolute Gasteiger partial charge is 0.327 e. The van der Waals surface area contributed by atoms with Crippen LogP contribution >= 0.6 is 0 Å². The van der Waals surface area contributed by atoms with E-state index >= 15 is 0 Å². The average Bonchev–Trinajstić information content (AvgIpc) is 2.50. The van der Waals surface area contributed by atoms with Gasteiger partial charge in [-0.3, -0.25) is 0 Å². The lowest BCUT2D eigenvalue weighted by atomic mass is 10.1. The van der Waals surface area contributed by atoms with Crippen LogP contribution in [0, 0.1) is 0 Å². The molecule has 0 unspecified atom stereocenters. The molecule has 0 atom stereocenters. The van der Waals surface area contributed by atoms with E-state index in [-0.39, 0.29) is 0 Å². The number of aliphatic carboxylic acids is 1. The zero-order chi connectivity index (χ0) is 16.3. The van der Waals surface area contributed by atoms with Crippen molar-refractivity contribution >= 4 is 5.97 Å². The molecule has 1 N–H and O–H groups in total. The van der Waals surface area contributed by atoms with Gasteiger partial charge in [0.2, 0.25) is 0 Å². The third kappa shape index (κ3) is 18.7. The first-order chi connectivity index (χ1) is 10.8. The quantitative estimate of drug-likeness (QED) is 0.215. The lowest BCUT2D eigenvalue weighted by molar-refractivity contribution is -0.131. The van der Waals surface area contributed by atoms with E-state index in [0.717, 1.165) is 19.3 Å². The second-order valence-corrected chi connectivity index (χ2v) is 5.75. The van der Waals surface area contributed by atoms with Crippen molar-refractivity contribution in [2.45, 2.75) is 84.0 Å². The Balaban J connectivity index is 3.21. The van der Waals surface area contributed by atoms with Crippen molar-refractivity contribution in [1.82, 2.24) is 0 Å². The topological polar surface area (TPSA) is 37.3 Å². The van der Waals surface area contributed by atoms with Gasteiger partial charge in [0.1, 0.15) is 0 Å². The molecule has 0 bridgehead atoms. The molecule has 0 heterocycles. The van der Waals surface area contributed by atoms with Crippen LogP contribution in [0.2, 0.25) is 0 Å². The van der Waals surface area contributed by atoms with Gasteiger partial charge in [0.05, 0.1) is 0 Å². The largest absolute Gasteiger partial charge is 0.478 e. The zero-order valence-corrected chi connectivity index (χ0v) is 14.3. The minimum absolute atomic E-state index is 0.813. The summed E-state index contributed by atoms with van der Waals surface area (Å²) in [6.45, 7) is 2.25. The maximum Gasteiger partial charge on any atom is 0.327 e. The van der Waals surface area contributed by atoms with E-state index in [1.807, 2.05) is 0 Å². The number of allylic oxidation sites excluding steroid dienone is 5. The van der Waals surface area contributed by atoms with Crippen molar-refractivity contribution in [2.75, 3.05) is 0 Å². The van der Waals surface area contributed by atoms with Crippen LogP contribution in [0.25, 0.3) is 0 Å². The highest BCUT2D eigenvalue weighted by Crippen LogP contribution is 2.08. The lowest BCUT2D eigenvalue weighted by Crippen LogP contribution is -1.85. The lowest BCUT2D eigenvalue weighted by Gasteiger charge is -1.97. The predicted molar refractivity (Wildman–Crippen MR) is 96.1 cm³/mol. The van der Waals surface area contributed by atoms with Gasteiger partial charge in [-0.2, -0.15) is 0 Å². The number of carboxylic acid groups (broad SMARTS) is 1. The van der Waals surface area contributed by atoms with Crippen molar-refractivity contribution in [3.63, 3.8) is 0 Å². The van der Waals surface area contributed by atoms with Gasteiger partial charge in [-0.1, -0.05) is 63.0 Å². The minimum atomic E-state index is -0.861. The Hall–Kier alpha value is -1.31. The molecule has 22 heavy (non-hydrogen) atoms. The second kappa shape index (κ2) is 17.7. The Morgan fingerprint density at radius 2 is 1.14 bits per heavy atom. The summed E-state index contributed by atoms with van der Waals surface area (Å²) >= 11 is 0. The van der Waals surface area contributed by atoms with Crippen molar-refractivity contribution in [3.8, 4) is 0 Å². The van der Waals surface area contributed by atoms with Crippen LogP contribution < -0.4 is 0 Å². The summed E-state index contributed by atoms with van der Waals surface area (Å²) in [5.41, 5.74) is 0. The molecule has 2 heteroatoms. The molecule has 0 spiro atoms. The van der Waals surface area contributed by atoms with Gasteiger partial charge >= 0.3 is 5.97 Å². The number of hydrogen-bond donors (Lipinski definition) is 1. The SMILES string of the molecule is CCCCC/C=C/CCCCCC/C=C/CC/C=C/C(=O)O. The van der Waals surface area contributed by atoms with Crippen molar-refractivity contribution in [3.05, 3.63) is 36.5 Å². The second-order valence-electron chi connectivity index (χ2n) is 5.75. The number of carboxylic acids is 1. The maximum atomic E-state index is 10.3. The van der Waals surface area contributed by atoms with E-state index in [1.165, 1.54) is 63.9 Å². The molecule has 0 aromatic carbocycles. The minimum Gasteiger partial charge on any atom is -0.478 e. The molecule has 0 aliphatic carbocycles. The Labute approximate surface area is 137 Å². The van der Waals surface area contributed by atoms with Gasteiger partial charge in [-0.05, 0) is 51.4 Å². The first-order valence-electron chi connectivity index (χ1n) is 8.96. The fourth-order valence-corrected chi connectivity index (χ4v) is 2.24. The van der Waals surface area contributed by atoms with E-state index in [4.69, 9.17) is 5.11 Å². The van der Waals surface area contributed by atoms with Gasteiger partial charge < -0.3 is 5.11 Å². The molecule has 0 fully saturated rings. The molecule has 126 valence electrons. The number of unbranched alkanes of at least 4 members (excludes halogenated alkanes) is 9. The normalized spacial score (nSPS) is 12.0. The predicted octanol–water partition coefficient (Wildman–Crippen LogP) is 6.44. The van der Waals surface area contributed by atoms with Crippen LogP contribution in [0.5, 0.6) is 0 Å². The summed E-state index contributed by atoms with van der Waals surface area (Å²) in [7, 11) is 0. The van der Waals surface area contributed by atoms with E-state index < -0.39 is 5.97 Å². The van der Waals surface area contributed by atoms with Crippen LogP contribution in [0.4, 0.5) is 0 Å². The third-order valence-corrected chi connectivity index (χ3v) is 3.56. The van der Waals surface area contributed by atoms with Gasteiger partial charge in [-0.25, -0.2) is 4.79 Å². The van der Waals surface area contributed by atoms with E-state index in [9.17, 15) is 4.79 Å². The zero-order valence-electron chi connectivity index (χ0n) is 14.3. The van der Waals surface area contributed by atoms with E-state index in [2.05, 4.69) is 31.2 Å². The van der Waals surface area contributed by atoms with Crippen LogP contribution in [0.15, 0.2) is 36.5 Å². The van der Waals surface area contributed by atoms with Crippen LogP contribution in [0.1, 0.15) is 84.0 Å². The fourth-order valence-electron chi connectivity index (χ4n) is 2.24. The highest BCUT2D eigenvalue weighted by Gasteiger charge is 1.88. The summed E-state index contributed by atoms with van der Waals surface area (Å²) in [5, 5.41) is 8.43. The monoisotopic (exact) mass is 306 g/mol. The molecule has 0 rings (SSSR count). The summed E-state index contributed by atoms with van der Waals surface area (Å²) < 4.78 is 0. The Kier molecular flexibility index (Phi) is 16.7. The molecule has 0 radical (unpaired) electrons. The number of hydrogen-bond acceptors (Lipinski definition) is 1. The number of rotatable bonds is 15. The number of carbonyl (C=O) groups is 1. The summed E-state index contributed by atoms with van der Waals surface area (Å²) in [6, 6.07) is 0. The van der Waals surface area contributed by atoms with E-state index in [0.29, 0.717) is 0 Å². The Bertz CT molecular complexity index is 327. The molecule has 0 aromatic heterocycles. The van der Waals surface area contributed by atoms with Crippen molar-refractivity contribution in [1.29, 1.82) is 0 Å². The van der Waals surface area contributed by atoms with Crippen molar-refractivity contribution < 1.29 is 9.90 Å². The van der Waals surface area contributed by atoms with Crippen LogP contribution in [-0.4, -0.2) is 11.1 Å². The molecular weight excluding hydrogens is 272 g/mol. The molecule has 0 amide bonds.